The van der Waals surface area contributed by atoms with Crippen LogP contribution in [0.25, 0.3) is 20.4 Å². The zero-order chi connectivity index (χ0) is 31.7. The molecule has 2 saturated carbocycles. The van der Waals surface area contributed by atoms with Gasteiger partial charge in [-0.3, -0.25) is 0 Å². The van der Waals surface area contributed by atoms with E-state index in [4.69, 9.17) is 27.5 Å². The van der Waals surface area contributed by atoms with E-state index in [0.29, 0.717) is 11.2 Å². The van der Waals surface area contributed by atoms with E-state index in [0.717, 1.165) is 77.6 Å². The third kappa shape index (κ3) is 11.2. The second kappa shape index (κ2) is 18.3. The largest absolute Gasteiger partial charge is 0.394 e. The fourth-order valence-corrected chi connectivity index (χ4v) is 7.45. The predicted octanol–water partition coefficient (Wildman–Crippen LogP) is 6.24. The summed E-state index contributed by atoms with van der Waals surface area (Å²) in [5.74, 6) is 0.922. The van der Waals surface area contributed by atoms with Crippen LogP contribution in [0.3, 0.4) is 0 Å². The Morgan fingerprint density at radius 1 is 0.818 bits per heavy atom. The van der Waals surface area contributed by atoms with Crippen LogP contribution in [-0.4, -0.2) is 74.1 Å². The molecule has 0 aliphatic heterocycles. The van der Waals surface area contributed by atoms with Gasteiger partial charge in [-0.25, -0.2) is 19.9 Å². The van der Waals surface area contributed by atoms with E-state index in [1.165, 1.54) is 27.2 Å². The molecule has 0 saturated heterocycles. The quantitative estimate of drug-likeness (QED) is 0.124. The van der Waals surface area contributed by atoms with Gasteiger partial charge in [0.15, 0.2) is 0 Å². The molecule has 4 heterocycles. The van der Waals surface area contributed by atoms with Crippen molar-refractivity contribution in [3.05, 3.63) is 38.7 Å². The lowest BCUT2D eigenvalue weighted by Gasteiger charge is -2.27. The Hall–Kier alpha value is -1.93. The highest BCUT2D eigenvalue weighted by atomic mass is 35.5. The van der Waals surface area contributed by atoms with Crippen molar-refractivity contribution in [2.24, 2.45) is 5.73 Å². The lowest BCUT2D eigenvalue weighted by atomic mass is 9.93. The Bertz CT molecular complexity index is 1440. The first-order valence-corrected chi connectivity index (χ1v) is 17.0. The summed E-state index contributed by atoms with van der Waals surface area (Å²) < 4.78 is 0. The molecule has 4 atom stereocenters. The van der Waals surface area contributed by atoms with Crippen LogP contribution in [0, 0.1) is 27.7 Å². The SMILES string of the molecule is CC(C)O.Cc1sc2ncnc(Cl)c2c1C.Cc1sc2ncnc(NC3CCCC(O)C3)c2c1C.NC1CCCC(O)C1.[B]. The summed E-state index contributed by atoms with van der Waals surface area (Å²) in [5, 5.41) is 33.0. The number of nitrogens with two attached hydrogens (primary N) is 1. The van der Waals surface area contributed by atoms with Crippen molar-refractivity contribution in [3.8, 4) is 0 Å². The van der Waals surface area contributed by atoms with E-state index < -0.39 is 0 Å². The molecule has 0 aromatic carbocycles. The molecule has 4 aromatic heterocycles. The molecule has 2 aliphatic carbocycles. The van der Waals surface area contributed by atoms with Gasteiger partial charge < -0.3 is 26.4 Å². The van der Waals surface area contributed by atoms with Gasteiger partial charge in [-0.05, 0) is 104 Å². The zero-order valence-electron chi connectivity index (χ0n) is 26.7. The minimum Gasteiger partial charge on any atom is -0.394 e. The van der Waals surface area contributed by atoms with E-state index in [9.17, 15) is 5.11 Å². The van der Waals surface area contributed by atoms with Gasteiger partial charge in [0.05, 0.1) is 23.0 Å². The molecule has 2 aliphatic rings. The summed E-state index contributed by atoms with van der Waals surface area (Å²) in [6.45, 7) is 11.8. The van der Waals surface area contributed by atoms with Crippen LogP contribution in [0.4, 0.5) is 5.82 Å². The number of fused-ring (bicyclic) bond motifs is 2. The number of anilines is 1. The highest BCUT2D eigenvalue weighted by Gasteiger charge is 2.22. The minimum absolute atomic E-state index is 0. The molecule has 44 heavy (non-hydrogen) atoms. The number of nitrogens with one attached hydrogen (secondary N) is 1. The third-order valence-electron chi connectivity index (χ3n) is 7.56. The van der Waals surface area contributed by atoms with Gasteiger partial charge in [0, 0.05) is 36.4 Å². The number of rotatable bonds is 2. The maximum absolute atomic E-state index is 9.76. The summed E-state index contributed by atoms with van der Waals surface area (Å²) in [5.41, 5.74) is 8.02. The molecule has 0 amide bonds. The van der Waals surface area contributed by atoms with Crippen molar-refractivity contribution in [1.29, 1.82) is 0 Å². The molecule has 6 rings (SSSR count). The highest BCUT2D eigenvalue weighted by molar-refractivity contribution is 7.19. The number of hydrogen-bond donors (Lipinski definition) is 5. The summed E-state index contributed by atoms with van der Waals surface area (Å²) in [7, 11) is 0. The van der Waals surface area contributed by atoms with Crippen molar-refractivity contribution in [3.63, 3.8) is 0 Å². The monoisotopic (exact) mass is 661 g/mol. The second-order valence-corrected chi connectivity index (χ2v) is 14.4. The molecule has 6 N–H and O–H groups in total. The lowest BCUT2D eigenvalue weighted by molar-refractivity contribution is 0.120. The van der Waals surface area contributed by atoms with Crippen LogP contribution in [0.1, 0.15) is 86.1 Å². The number of aryl methyl sites for hydroxylation is 4. The fourth-order valence-electron chi connectivity index (χ4n) is 5.12. The molecule has 13 heteroatoms. The Labute approximate surface area is 276 Å². The number of aromatic nitrogens is 4. The Morgan fingerprint density at radius 3 is 1.82 bits per heavy atom. The molecule has 3 radical (unpaired) electrons. The topological polar surface area (TPSA) is 150 Å². The van der Waals surface area contributed by atoms with E-state index >= 15 is 0 Å². The third-order valence-corrected chi connectivity index (χ3v) is 10.1. The van der Waals surface area contributed by atoms with Crippen molar-refractivity contribution in [2.45, 2.75) is 123 Å². The van der Waals surface area contributed by atoms with Gasteiger partial charge in [-0.15, -0.1) is 22.7 Å². The number of halogens is 1. The van der Waals surface area contributed by atoms with Crippen LogP contribution in [-0.2, 0) is 0 Å². The summed E-state index contributed by atoms with van der Waals surface area (Å²) >= 11 is 9.30. The highest BCUT2D eigenvalue weighted by Crippen LogP contribution is 2.34. The molecule has 0 spiro atoms. The first-order valence-electron chi connectivity index (χ1n) is 15.0. The standard InChI is InChI=1S/C14H19N3OS.C8H7ClN2S.C6H13NO.C3H8O.B/c1-8-9(2)19-14-12(8)13(15-7-16-14)17-10-4-3-5-11(18)6-10;1-4-5(2)12-8-6(4)7(9)10-3-11-8;7-5-2-1-3-6(8)4-5;1-3(2)4;/h7,10-11,18H,3-6H2,1-2H3,(H,15,16,17);3H,1-2H3;5-6,8H,1-4,7H2;3-4H,1-2H3;. The minimum atomic E-state index is -0.172. The first-order chi connectivity index (χ1) is 20.4. The van der Waals surface area contributed by atoms with E-state index in [2.05, 4.69) is 46.0 Å². The number of nitrogens with zero attached hydrogens (tertiary/aromatic N) is 4. The smallest absolute Gasteiger partial charge is 0.141 e. The molecular formula is C31H47BClN6O3S2. The summed E-state index contributed by atoms with van der Waals surface area (Å²) in [6, 6.07) is 0.584. The van der Waals surface area contributed by atoms with Gasteiger partial charge in [0.1, 0.15) is 33.3 Å². The first kappa shape index (κ1) is 38.3. The van der Waals surface area contributed by atoms with E-state index in [1.54, 1.807) is 42.8 Å². The van der Waals surface area contributed by atoms with Gasteiger partial charge >= 0.3 is 0 Å². The van der Waals surface area contributed by atoms with Gasteiger partial charge in [0.25, 0.3) is 0 Å². The second-order valence-electron chi connectivity index (χ2n) is 11.6. The zero-order valence-corrected chi connectivity index (χ0v) is 29.1. The number of aliphatic hydroxyl groups excluding tert-OH is 3. The maximum Gasteiger partial charge on any atom is 0.141 e. The lowest BCUT2D eigenvalue weighted by Crippen LogP contribution is -2.30. The maximum atomic E-state index is 9.76. The normalized spacial score (nSPS) is 21.3. The average molecular weight is 662 g/mol. The molecule has 4 aromatic rings. The number of thiophene rings is 2. The number of hydrogen-bond acceptors (Lipinski definition) is 11. The van der Waals surface area contributed by atoms with Crippen molar-refractivity contribution >= 4 is 68.9 Å². The molecule has 4 unspecified atom stereocenters. The Balaban J connectivity index is 0.000000232. The fraction of sp³-hybridized carbons (Fsp3) is 0.613. The van der Waals surface area contributed by atoms with Crippen LogP contribution in [0.15, 0.2) is 12.7 Å². The van der Waals surface area contributed by atoms with Crippen molar-refractivity contribution in [2.75, 3.05) is 5.32 Å². The van der Waals surface area contributed by atoms with Crippen LogP contribution < -0.4 is 11.1 Å². The number of aliphatic hydroxyl groups is 3. The molecule has 0 bridgehead atoms. The molecule has 241 valence electrons. The molecule has 2 fully saturated rings. The van der Waals surface area contributed by atoms with E-state index in [1.807, 2.05) is 6.92 Å². The van der Waals surface area contributed by atoms with Crippen molar-refractivity contribution < 1.29 is 15.3 Å². The van der Waals surface area contributed by atoms with Crippen LogP contribution in [0.2, 0.25) is 5.15 Å². The van der Waals surface area contributed by atoms with Gasteiger partial charge in [-0.2, -0.15) is 0 Å². The predicted molar refractivity (Wildman–Crippen MR) is 186 cm³/mol. The van der Waals surface area contributed by atoms with Crippen LogP contribution in [0.5, 0.6) is 0 Å². The summed E-state index contributed by atoms with van der Waals surface area (Å²) in [4.78, 5) is 21.4. The Kier molecular flexibility index (Phi) is 15.9. The van der Waals surface area contributed by atoms with Crippen molar-refractivity contribution in [1.82, 2.24) is 19.9 Å². The van der Waals surface area contributed by atoms with Gasteiger partial charge in [-0.1, -0.05) is 11.6 Å². The van der Waals surface area contributed by atoms with Crippen LogP contribution >= 0.6 is 34.3 Å². The molecular weight excluding hydrogens is 615 g/mol. The molecule has 9 nitrogen and oxygen atoms in total. The average Bonchev–Trinajstić information content (AvgIpc) is 3.39. The Morgan fingerprint density at radius 2 is 1.32 bits per heavy atom. The van der Waals surface area contributed by atoms with Gasteiger partial charge in [0.2, 0.25) is 0 Å². The van der Waals surface area contributed by atoms with E-state index in [-0.39, 0.29) is 32.8 Å². The summed E-state index contributed by atoms with van der Waals surface area (Å²) in [6.07, 6.45) is 10.5.